The van der Waals surface area contributed by atoms with Crippen molar-refractivity contribution >= 4 is 35.6 Å². The Morgan fingerprint density at radius 1 is 1.10 bits per heavy atom. The van der Waals surface area contributed by atoms with Crippen molar-refractivity contribution in [3.63, 3.8) is 0 Å². The molecule has 1 unspecified atom stereocenters. The second kappa shape index (κ2) is 18.5. The molecule has 0 aromatic heterocycles. The first-order valence-corrected chi connectivity index (χ1v) is 11.0. The van der Waals surface area contributed by atoms with Crippen molar-refractivity contribution in [3.8, 4) is 5.75 Å². The fraction of sp³-hybridized carbons (Fsp3) is 0.696. The van der Waals surface area contributed by atoms with Gasteiger partial charge in [0.05, 0.1) is 19.3 Å². The summed E-state index contributed by atoms with van der Waals surface area (Å²) < 4.78 is 16.2. The normalized spacial score (nSPS) is 12.6. The molecule has 0 bridgehead atoms. The van der Waals surface area contributed by atoms with E-state index in [4.69, 9.17) is 19.2 Å². The Bertz CT molecular complexity index is 585. The Labute approximate surface area is 206 Å². The lowest BCUT2D eigenvalue weighted by atomic mass is 10.2. The van der Waals surface area contributed by atoms with Gasteiger partial charge in [0.2, 0.25) is 0 Å². The molecule has 0 aliphatic carbocycles. The summed E-state index contributed by atoms with van der Waals surface area (Å²) in [4.78, 5) is 7.06. The summed E-state index contributed by atoms with van der Waals surface area (Å²) in [5, 5.41) is 6.83. The molecule has 8 heteroatoms. The van der Waals surface area contributed by atoms with Crippen LogP contribution in [0, 0.1) is 0 Å². The molecule has 31 heavy (non-hydrogen) atoms. The van der Waals surface area contributed by atoms with Crippen molar-refractivity contribution in [3.05, 3.63) is 24.3 Å². The van der Waals surface area contributed by atoms with Crippen LogP contribution in [0.4, 0.5) is 5.69 Å². The van der Waals surface area contributed by atoms with Gasteiger partial charge in [-0.25, -0.2) is 0 Å². The van der Waals surface area contributed by atoms with Gasteiger partial charge in [-0.15, -0.1) is 24.0 Å². The molecule has 0 heterocycles. The highest BCUT2D eigenvalue weighted by molar-refractivity contribution is 14.0. The second-order valence-electron chi connectivity index (χ2n) is 7.67. The van der Waals surface area contributed by atoms with Gasteiger partial charge >= 0.3 is 0 Å². The Hall–Kier alpha value is -1.10. The van der Waals surface area contributed by atoms with Gasteiger partial charge in [-0.2, -0.15) is 0 Å². The van der Waals surface area contributed by atoms with Crippen LogP contribution in [0.2, 0.25) is 0 Å². The molecule has 0 radical (unpaired) electrons. The molecule has 1 aromatic carbocycles. The second-order valence-corrected chi connectivity index (χ2v) is 7.67. The molecule has 0 fully saturated rings. The number of rotatable bonds is 15. The van der Waals surface area contributed by atoms with E-state index in [0.717, 1.165) is 43.3 Å². The van der Waals surface area contributed by atoms with Crippen molar-refractivity contribution in [1.82, 2.24) is 10.2 Å². The van der Waals surface area contributed by atoms with Gasteiger partial charge < -0.3 is 29.7 Å². The topological polar surface area (TPSA) is 67.4 Å². The van der Waals surface area contributed by atoms with Gasteiger partial charge in [-0.3, -0.25) is 4.99 Å². The number of ether oxygens (including phenoxy) is 3. The molecule has 7 nitrogen and oxygen atoms in total. The van der Waals surface area contributed by atoms with Crippen LogP contribution in [0.25, 0.3) is 0 Å². The number of guanidine groups is 1. The number of hydrogen-bond donors (Lipinski definition) is 2. The van der Waals surface area contributed by atoms with E-state index >= 15 is 0 Å². The van der Waals surface area contributed by atoms with Crippen molar-refractivity contribution in [2.24, 2.45) is 4.99 Å². The van der Waals surface area contributed by atoms with Crippen LogP contribution in [0.3, 0.4) is 0 Å². The lowest BCUT2D eigenvalue weighted by Crippen LogP contribution is -2.39. The SMILES string of the molecule is CCC(C)N(C)CCNC(=NCCCOCCOC)Nc1ccc(OC(C)C)cc1.I. The van der Waals surface area contributed by atoms with E-state index in [1.807, 2.05) is 38.1 Å². The first-order valence-electron chi connectivity index (χ1n) is 11.0. The zero-order valence-corrected chi connectivity index (χ0v) is 22.5. The predicted molar refractivity (Wildman–Crippen MR) is 141 cm³/mol. The third kappa shape index (κ3) is 14.6. The van der Waals surface area contributed by atoms with Crippen LogP contribution in [0.15, 0.2) is 29.3 Å². The predicted octanol–water partition coefficient (Wildman–Crippen LogP) is 4.23. The molecule has 0 saturated carbocycles. The molecule has 1 aromatic rings. The van der Waals surface area contributed by atoms with Crippen LogP contribution < -0.4 is 15.4 Å². The third-order valence-corrected chi connectivity index (χ3v) is 4.74. The summed E-state index contributed by atoms with van der Waals surface area (Å²) in [5.41, 5.74) is 0.976. The zero-order chi connectivity index (χ0) is 22.2. The van der Waals surface area contributed by atoms with Gasteiger partial charge in [0.25, 0.3) is 0 Å². The highest BCUT2D eigenvalue weighted by Crippen LogP contribution is 2.16. The molecule has 0 amide bonds. The highest BCUT2D eigenvalue weighted by atomic mass is 127. The molecule has 0 aliphatic rings. The monoisotopic (exact) mass is 550 g/mol. The number of benzene rings is 1. The molecular formula is C23H43IN4O3. The molecule has 0 spiro atoms. The first-order chi connectivity index (χ1) is 14.5. The Balaban J connectivity index is 0.00000900. The van der Waals surface area contributed by atoms with Crippen molar-refractivity contribution in [1.29, 1.82) is 0 Å². The Morgan fingerprint density at radius 2 is 1.81 bits per heavy atom. The molecule has 2 N–H and O–H groups in total. The van der Waals surface area contributed by atoms with E-state index in [2.05, 4.69) is 36.4 Å². The number of halogens is 1. The number of likely N-dealkylation sites (N-methyl/N-ethyl adjacent to an activating group) is 1. The van der Waals surface area contributed by atoms with Crippen LogP contribution in [0.5, 0.6) is 5.75 Å². The summed E-state index contributed by atoms with van der Waals surface area (Å²) in [6.45, 7) is 12.9. The molecule has 1 rings (SSSR count). The lowest BCUT2D eigenvalue weighted by Gasteiger charge is -2.24. The van der Waals surface area contributed by atoms with Crippen LogP contribution >= 0.6 is 24.0 Å². The minimum atomic E-state index is 0. The average Bonchev–Trinajstić information content (AvgIpc) is 2.73. The highest BCUT2D eigenvalue weighted by Gasteiger charge is 2.07. The van der Waals surface area contributed by atoms with Crippen molar-refractivity contribution in [2.75, 3.05) is 58.9 Å². The van der Waals surface area contributed by atoms with Gasteiger partial charge in [0, 0.05) is 45.1 Å². The average molecular weight is 551 g/mol. The Kier molecular flexibility index (Phi) is 17.8. The Morgan fingerprint density at radius 3 is 2.42 bits per heavy atom. The maximum atomic E-state index is 5.72. The number of nitrogens with zero attached hydrogens (tertiary/aromatic N) is 2. The summed E-state index contributed by atoms with van der Waals surface area (Å²) in [6, 6.07) is 8.53. The van der Waals surface area contributed by atoms with Crippen molar-refractivity contribution < 1.29 is 14.2 Å². The van der Waals surface area contributed by atoms with E-state index in [0.29, 0.717) is 32.4 Å². The van der Waals surface area contributed by atoms with Gasteiger partial charge in [0.15, 0.2) is 5.96 Å². The zero-order valence-electron chi connectivity index (χ0n) is 20.1. The van der Waals surface area contributed by atoms with Crippen LogP contribution in [-0.2, 0) is 9.47 Å². The number of hydrogen-bond acceptors (Lipinski definition) is 5. The number of anilines is 1. The van der Waals surface area contributed by atoms with E-state index < -0.39 is 0 Å². The van der Waals surface area contributed by atoms with E-state index in [9.17, 15) is 0 Å². The summed E-state index contributed by atoms with van der Waals surface area (Å²) in [7, 11) is 3.84. The van der Waals surface area contributed by atoms with Gasteiger partial charge in [-0.05, 0) is 64.9 Å². The molecule has 180 valence electrons. The van der Waals surface area contributed by atoms with E-state index in [1.165, 1.54) is 0 Å². The number of aliphatic imine (C=N–C) groups is 1. The van der Waals surface area contributed by atoms with Crippen molar-refractivity contribution in [2.45, 2.75) is 52.7 Å². The minimum absolute atomic E-state index is 0. The number of methoxy groups -OCH3 is 1. The maximum absolute atomic E-state index is 5.72. The minimum Gasteiger partial charge on any atom is -0.491 e. The first kappa shape index (κ1) is 29.9. The van der Waals surface area contributed by atoms with Crippen LogP contribution in [0.1, 0.15) is 40.5 Å². The third-order valence-electron chi connectivity index (χ3n) is 4.74. The molecule has 0 aliphatic heterocycles. The van der Waals surface area contributed by atoms with Gasteiger partial charge in [0.1, 0.15) is 5.75 Å². The quantitative estimate of drug-likeness (QED) is 0.148. The fourth-order valence-electron chi connectivity index (χ4n) is 2.65. The molecular weight excluding hydrogens is 507 g/mol. The lowest BCUT2D eigenvalue weighted by molar-refractivity contribution is 0.0702. The van der Waals surface area contributed by atoms with Crippen LogP contribution in [-0.4, -0.2) is 76.6 Å². The standard InChI is InChI=1S/C23H42N4O3.HI/c1-7-20(4)27(5)15-14-25-23(24-13-8-16-29-18-17-28-6)26-21-9-11-22(12-10-21)30-19(2)3;/h9-12,19-20H,7-8,13-18H2,1-6H3,(H2,24,25,26);1H. The molecule has 0 saturated heterocycles. The van der Waals surface area contributed by atoms with E-state index in [-0.39, 0.29) is 30.1 Å². The fourth-order valence-corrected chi connectivity index (χ4v) is 2.65. The van der Waals surface area contributed by atoms with E-state index in [1.54, 1.807) is 7.11 Å². The number of nitrogens with one attached hydrogen (secondary N) is 2. The maximum Gasteiger partial charge on any atom is 0.195 e. The summed E-state index contributed by atoms with van der Waals surface area (Å²) in [5.74, 6) is 1.65. The van der Waals surface area contributed by atoms with Gasteiger partial charge in [-0.1, -0.05) is 6.92 Å². The summed E-state index contributed by atoms with van der Waals surface area (Å²) in [6.07, 6.45) is 2.17. The molecule has 1 atom stereocenters. The smallest absolute Gasteiger partial charge is 0.195 e. The largest absolute Gasteiger partial charge is 0.491 e. The summed E-state index contributed by atoms with van der Waals surface area (Å²) >= 11 is 0.